The van der Waals surface area contributed by atoms with Gasteiger partial charge in [0, 0.05) is 30.8 Å². The lowest BCUT2D eigenvalue weighted by Crippen LogP contribution is -2.51. The molecule has 2 unspecified atom stereocenters. The zero-order chi connectivity index (χ0) is 13.2. The predicted molar refractivity (Wildman–Crippen MR) is 71.8 cm³/mol. The average molecular weight is 267 g/mol. The number of fused-ring (bicyclic) bond motifs is 2. The van der Waals surface area contributed by atoms with Gasteiger partial charge >= 0.3 is 0 Å². The van der Waals surface area contributed by atoms with E-state index >= 15 is 0 Å². The van der Waals surface area contributed by atoms with Crippen LogP contribution in [0.1, 0.15) is 44.9 Å². The first-order valence-electron chi connectivity index (χ1n) is 7.72. The summed E-state index contributed by atoms with van der Waals surface area (Å²) in [7, 11) is 2.23. The Morgan fingerprint density at radius 2 is 1.79 bits per heavy atom. The lowest BCUT2D eigenvalue weighted by Gasteiger charge is -2.46. The van der Waals surface area contributed by atoms with Crippen molar-refractivity contribution >= 4 is 5.78 Å². The van der Waals surface area contributed by atoms with Crippen molar-refractivity contribution in [3.8, 4) is 0 Å². The molecule has 2 bridgehead atoms. The first-order chi connectivity index (χ1) is 9.24. The second kappa shape index (κ2) is 5.90. The molecule has 0 spiro atoms. The summed E-state index contributed by atoms with van der Waals surface area (Å²) in [5.41, 5.74) is 0. The number of ketones is 1. The van der Waals surface area contributed by atoms with Crippen LogP contribution in [0.25, 0.3) is 0 Å². The molecule has 4 heteroatoms. The number of carbonyl (C=O) groups excluding carboxylic acids is 1. The summed E-state index contributed by atoms with van der Waals surface area (Å²) in [6, 6.07) is 1.28. The zero-order valence-electron chi connectivity index (χ0n) is 11.8. The molecule has 3 saturated heterocycles. The molecule has 0 aromatic rings. The van der Waals surface area contributed by atoms with Crippen molar-refractivity contribution < 1.29 is 14.3 Å². The quantitative estimate of drug-likeness (QED) is 0.780. The number of rotatable bonds is 4. The van der Waals surface area contributed by atoms with Crippen LogP contribution in [0.15, 0.2) is 0 Å². The number of carbonyl (C=O) groups is 1. The number of piperidine rings is 2. The van der Waals surface area contributed by atoms with E-state index in [1.54, 1.807) is 0 Å². The van der Waals surface area contributed by atoms with Gasteiger partial charge in [-0.15, -0.1) is 0 Å². The van der Waals surface area contributed by atoms with Crippen LogP contribution >= 0.6 is 0 Å². The van der Waals surface area contributed by atoms with E-state index in [2.05, 4.69) is 11.9 Å². The zero-order valence-corrected chi connectivity index (χ0v) is 11.8. The molecule has 108 valence electrons. The highest BCUT2D eigenvalue weighted by atomic mass is 16.7. The smallest absolute Gasteiger partial charge is 0.158 e. The molecule has 0 saturated carbocycles. The van der Waals surface area contributed by atoms with E-state index < -0.39 is 0 Å². The fourth-order valence-electron chi connectivity index (χ4n) is 3.92. The van der Waals surface area contributed by atoms with Crippen LogP contribution in [0, 0.1) is 5.92 Å². The van der Waals surface area contributed by atoms with Gasteiger partial charge in [-0.3, -0.25) is 4.79 Å². The van der Waals surface area contributed by atoms with E-state index in [1.807, 2.05) is 0 Å². The van der Waals surface area contributed by atoms with Crippen molar-refractivity contribution in [3.05, 3.63) is 0 Å². The van der Waals surface area contributed by atoms with Gasteiger partial charge in [-0.05, 0) is 32.7 Å². The Labute approximate surface area is 115 Å². The minimum atomic E-state index is -0.130. The molecule has 3 heterocycles. The molecule has 0 N–H and O–H groups in total. The lowest BCUT2D eigenvalue weighted by atomic mass is 9.76. The molecule has 0 radical (unpaired) electrons. The van der Waals surface area contributed by atoms with Crippen LogP contribution in [0.2, 0.25) is 0 Å². The van der Waals surface area contributed by atoms with Crippen LogP contribution in [0.4, 0.5) is 0 Å². The van der Waals surface area contributed by atoms with Gasteiger partial charge in [0.25, 0.3) is 0 Å². The maximum Gasteiger partial charge on any atom is 0.158 e. The molecule has 0 aromatic heterocycles. The number of nitrogens with zero attached hydrogens (tertiary/aromatic N) is 1. The van der Waals surface area contributed by atoms with Gasteiger partial charge in [0.2, 0.25) is 0 Å². The molecule has 3 aliphatic heterocycles. The first-order valence-corrected chi connectivity index (χ1v) is 7.72. The maximum atomic E-state index is 12.4. The summed E-state index contributed by atoms with van der Waals surface area (Å²) in [4.78, 5) is 14.9. The van der Waals surface area contributed by atoms with Gasteiger partial charge in [-0.1, -0.05) is 6.42 Å². The number of Topliss-reactive ketones (excluding diaryl/α,β-unsaturated/α-hetero) is 1. The van der Waals surface area contributed by atoms with E-state index in [-0.39, 0.29) is 12.2 Å². The molecular formula is C15H25NO3. The Balaban J connectivity index is 1.50. The highest BCUT2D eigenvalue weighted by Crippen LogP contribution is 2.36. The third kappa shape index (κ3) is 3.01. The molecule has 3 aliphatic rings. The molecule has 3 fully saturated rings. The summed E-state index contributed by atoms with van der Waals surface area (Å²) >= 11 is 0. The van der Waals surface area contributed by atoms with Crippen LogP contribution in [-0.2, 0) is 14.3 Å². The highest BCUT2D eigenvalue weighted by molar-refractivity contribution is 5.81. The number of hydrogen-bond donors (Lipinski definition) is 0. The minimum absolute atomic E-state index is 0.130. The van der Waals surface area contributed by atoms with Crippen molar-refractivity contribution in [3.63, 3.8) is 0 Å². The van der Waals surface area contributed by atoms with Crippen LogP contribution < -0.4 is 0 Å². The number of ether oxygens (including phenoxy) is 2. The van der Waals surface area contributed by atoms with E-state index in [4.69, 9.17) is 9.47 Å². The van der Waals surface area contributed by atoms with Gasteiger partial charge in [0.15, 0.2) is 6.29 Å². The normalized spacial score (nSPS) is 36.6. The average Bonchev–Trinajstić information content (AvgIpc) is 2.88. The first kappa shape index (κ1) is 13.5. The van der Waals surface area contributed by atoms with Crippen LogP contribution in [0.5, 0.6) is 0 Å². The second-order valence-corrected chi connectivity index (χ2v) is 6.25. The summed E-state index contributed by atoms with van der Waals surface area (Å²) in [6.07, 6.45) is 7.24. The van der Waals surface area contributed by atoms with E-state index in [1.165, 1.54) is 19.3 Å². The molecule has 19 heavy (non-hydrogen) atoms. The van der Waals surface area contributed by atoms with Gasteiger partial charge in [-0.2, -0.15) is 0 Å². The fraction of sp³-hybridized carbons (Fsp3) is 0.933. The molecule has 2 atom stereocenters. The van der Waals surface area contributed by atoms with Crippen molar-refractivity contribution in [2.45, 2.75) is 63.3 Å². The SMILES string of the molecule is CN1C2CCCC1CC(C(=O)CCC1OCCO1)C2. The summed E-state index contributed by atoms with van der Waals surface area (Å²) in [6.45, 7) is 1.36. The van der Waals surface area contributed by atoms with Crippen molar-refractivity contribution in [2.24, 2.45) is 5.92 Å². The minimum Gasteiger partial charge on any atom is -0.350 e. The Morgan fingerprint density at radius 1 is 1.16 bits per heavy atom. The van der Waals surface area contributed by atoms with Crippen molar-refractivity contribution in [1.29, 1.82) is 0 Å². The molecule has 0 aliphatic carbocycles. The third-order valence-corrected chi connectivity index (χ3v) is 5.11. The summed E-state index contributed by atoms with van der Waals surface area (Å²) in [5, 5.41) is 0. The maximum absolute atomic E-state index is 12.4. The monoisotopic (exact) mass is 267 g/mol. The van der Waals surface area contributed by atoms with Gasteiger partial charge < -0.3 is 14.4 Å². The predicted octanol–water partition coefficient (Wildman–Crippen LogP) is 1.97. The van der Waals surface area contributed by atoms with Gasteiger partial charge in [-0.25, -0.2) is 0 Å². The summed E-state index contributed by atoms with van der Waals surface area (Å²) < 4.78 is 10.8. The number of hydrogen-bond acceptors (Lipinski definition) is 4. The topological polar surface area (TPSA) is 38.8 Å². The Bertz CT molecular complexity index is 313. The summed E-state index contributed by atoms with van der Waals surface area (Å²) in [5.74, 6) is 0.719. The van der Waals surface area contributed by atoms with Gasteiger partial charge in [0.1, 0.15) is 5.78 Å². The Morgan fingerprint density at radius 3 is 2.42 bits per heavy atom. The third-order valence-electron chi connectivity index (χ3n) is 5.11. The molecule has 4 nitrogen and oxygen atoms in total. The largest absolute Gasteiger partial charge is 0.350 e. The molecule has 3 rings (SSSR count). The second-order valence-electron chi connectivity index (χ2n) is 6.25. The lowest BCUT2D eigenvalue weighted by molar-refractivity contribution is -0.129. The molecular weight excluding hydrogens is 242 g/mol. The van der Waals surface area contributed by atoms with Crippen LogP contribution in [0.3, 0.4) is 0 Å². The van der Waals surface area contributed by atoms with E-state index in [0.717, 1.165) is 19.3 Å². The van der Waals surface area contributed by atoms with Gasteiger partial charge in [0.05, 0.1) is 13.2 Å². The van der Waals surface area contributed by atoms with Crippen LogP contribution in [-0.4, -0.2) is 49.3 Å². The van der Waals surface area contributed by atoms with Crippen molar-refractivity contribution in [1.82, 2.24) is 4.90 Å². The fourth-order valence-corrected chi connectivity index (χ4v) is 3.92. The van der Waals surface area contributed by atoms with E-state index in [9.17, 15) is 4.79 Å². The highest BCUT2D eigenvalue weighted by Gasteiger charge is 2.38. The Kier molecular flexibility index (Phi) is 4.20. The van der Waals surface area contributed by atoms with Crippen molar-refractivity contribution in [2.75, 3.05) is 20.3 Å². The van der Waals surface area contributed by atoms with E-state index in [0.29, 0.717) is 37.5 Å². The Hall–Kier alpha value is -0.450. The standard InChI is InChI=1S/C15H25NO3/c1-16-12-3-2-4-13(16)10-11(9-12)14(17)5-6-15-18-7-8-19-15/h11-13,15H,2-10H2,1H3. The molecule has 0 aromatic carbocycles. The molecule has 0 amide bonds.